The lowest BCUT2D eigenvalue weighted by Gasteiger charge is -2.26. The smallest absolute Gasteiger partial charge is 0.120 e. The van der Waals surface area contributed by atoms with Crippen molar-refractivity contribution < 1.29 is 0 Å². The molecule has 0 unspecified atom stereocenters. The van der Waals surface area contributed by atoms with E-state index in [0.29, 0.717) is 0 Å². The number of imidazole rings is 1. The Kier molecular flexibility index (Phi) is 3.16. The van der Waals surface area contributed by atoms with E-state index in [4.69, 9.17) is 0 Å². The first-order valence-corrected chi connectivity index (χ1v) is 5.34. The molecule has 2 heterocycles. The van der Waals surface area contributed by atoms with E-state index >= 15 is 0 Å². The lowest BCUT2D eigenvalue weighted by molar-refractivity contribution is 0.228. The number of piperazine rings is 1. The Balaban J connectivity index is 1.89. The molecule has 2 rings (SSSR count). The minimum Gasteiger partial charge on any atom is -0.345 e. The van der Waals surface area contributed by atoms with Gasteiger partial charge in [-0.15, -0.1) is 0 Å². The summed E-state index contributed by atoms with van der Waals surface area (Å²) in [6.45, 7) is 7.55. The molecule has 1 fully saturated rings. The second kappa shape index (κ2) is 4.57. The van der Waals surface area contributed by atoms with Crippen molar-refractivity contribution in [2.24, 2.45) is 0 Å². The number of H-pyrrole nitrogens is 1. The van der Waals surface area contributed by atoms with Crippen molar-refractivity contribution in [3.63, 3.8) is 0 Å². The summed E-state index contributed by atoms with van der Waals surface area (Å²) < 4.78 is 0. The summed E-state index contributed by atoms with van der Waals surface area (Å²) in [5.41, 5.74) is 1.23. The first-order chi connectivity index (χ1) is 6.88. The van der Waals surface area contributed by atoms with Crippen LogP contribution in [0.3, 0.4) is 0 Å². The molecule has 0 saturated carbocycles. The van der Waals surface area contributed by atoms with Gasteiger partial charge in [-0.1, -0.05) is 6.92 Å². The fourth-order valence-corrected chi connectivity index (χ4v) is 1.75. The van der Waals surface area contributed by atoms with Crippen molar-refractivity contribution >= 4 is 0 Å². The molecule has 0 aromatic carbocycles. The van der Waals surface area contributed by atoms with Crippen molar-refractivity contribution in [2.75, 3.05) is 26.2 Å². The van der Waals surface area contributed by atoms with Crippen molar-refractivity contribution in [3.8, 4) is 0 Å². The summed E-state index contributed by atoms with van der Waals surface area (Å²) in [4.78, 5) is 10.1. The fraction of sp³-hybridized carbons (Fsp3) is 0.700. The molecule has 2 N–H and O–H groups in total. The van der Waals surface area contributed by atoms with Gasteiger partial charge < -0.3 is 10.3 Å². The van der Waals surface area contributed by atoms with E-state index in [2.05, 4.69) is 27.1 Å². The highest BCUT2D eigenvalue weighted by atomic mass is 15.2. The molecular weight excluding hydrogens is 176 g/mol. The van der Waals surface area contributed by atoms with Crippen LogP contribution in [-0.4, -0.2) is 41.0 Å². The first kappa shape index (κ1) is 9.68. The standard InChI is InChI=1S/C10H18N4/c1-2-9-7-12-10(13-9)8-14-5-3-11-4-6-14/h7,11H,2-6,8H2,1H3,(H,12,13). The Morgan fingerprint density at radius 1 is 1.43 bits per heavy atom. The minimum atomic E-state index is 0.960. The molecule has 1 aromatic rings. The number of hydrogen-bond donors (Lipinski definition) is 2. The normalized spacial score (nSPS) is 18.6. The molecule has 78 valence electrons. The third kappa shape index (κ3) is 2.33. The molecule has 14 heavy (non-hydrogen) atoms. The SMILES string of the molecule is CCc1cnc(CN2CCNCC2)[nH]1. The predicted octanol–water partition coefficient (Wildman–Crippen LogP) is 0.377. The third-order valence-electron chi connectivity index (χ3n) is 2.64. The van der Waals surface area contributed by atoms with Crippen LogP contribution < -0.4 is 5.32 Å². The fourth-order valence-electron chi connectivity index (χ4n) is 1.75. The molecule has 1 aliphatic rings. The van der Waals surface area contributed by atoms with Crippen molar-refractivity contribution in [3.05, 3.63) is 17.7 Å². The summed E-state index contributed by atoms with van der Waals surface area (Å²) in [7, 11) is 0. The monoisotopic (exact) mass is 194 g/mol. The van der Waals surface area contributed by atoms with Crippen LogP contribution in [0, 0.1) is 0 Å². The molecule has 1 aliphatic heterocycles. The van der Waals surface area contributed by atoms with E-state index in [1.807, 2.05) is 6.20 Å². The highest BCUT2D eigenvalue weighted by Gasteiger charge is 2.11. The maximum Gasteiger partial charge on any atom is 0.120 e. The lowest BCUT2D eigenvalue weighted by Crippen LogP contribution is -2.43. The summed E-state index contributed by atoms with van der Waals surface area (Å²) in [6.07, 6.45) is 2.98. The van der Waals surface area contributed by atoms with Gasteiger partial charge in [0.25, 0.3) is 0 Å². The quantitative estimate of drug-likeness (QED) is 0.731. The average molecular weight is 194 g/mol. The Bertz CT molecular complexity index is 275. The van der Waals surface area contributed by atoms with Gasteiger partial charge in [-0.3, -0.25) is 4.90 Å². The van der Waals surface area contributed by atoms with Crippen LogP contribution in [0.1, 0.15) is 18.4 Å². The molecule has 1 saturated heterocycles. The molecule has 0 amide bonds. The number of aryl methyl sites for hydroxylation is 1. The summed E-state index contributed by atoms with van der Waals surface area (Å²) in [5.74, 6) is 1.10. The van der Waals surface area contributed by atoms with Crippen LogP contribution in [0.15, 0.2) is 6.20 Å². The Labute approximate surface area is 84.7 Å². The lowest BCUT2D eigenvalue weighted by atomic mass is 10.3. The highest BCUT2D eigenvalue weighted by molar-refractivity contribution is 5.00. The molecule has 4 heteroatoms. The number of nitrogens with one attached hydrogen (secondary N) is 2. The van der Waals surface area contributed by atoms with E-state index in [1.165, 1.54) is 5.69 Å². The van der Waals surface area contributed by atoms with Crippen LogP contribution in [0.5, 0.6) is 0 Å². The molecule has 0 radical (unpaired) electrons. The second-order valence-corrected chi connectivity index (χ2v) is 3.73. The van der Waals surface area contributed by atoms with E-state index in [-0.39, 0.29) is 0 Å². The van der Waals surface area contributed by atoms with Gasteiger partial charge >= 0.3 is 0 Å². The number of hydrogen-bond acceptors (Lipinski definition) is 3. The zero-order valence-corrected chi connectivity index (χ0v) is 8.71. The predicted molar refractivity (Wildman–Crippen MR) is 56.1 cm³/mol. The van der Waals surface area contributed by atoms with E-state index in [0.717, 1.165) is 45.0 Å². The molecule has 0 bridgehead atoms. The number of nitrogens with zero attached hydrogens (tertiary/aromatic N) is 2. The van der Waals surface area contributed by atoms with Gasteiger partial charge in [0, 0.05) is 38.1 Å². The third-order valence-corrected chi connectivity index (χ3v) is 2.64. The van der Waals surface area contributed by atoms with Crippen LogP contribution in [0.2, 0.25) is 0 Å². The molecule has 4 nitrogen and oxygen atoms in total. The summed E-state index contributed by atoms with van der Waals surface area (Å²) >= 11 is 0. The van der Waals surface area contributed by atoms with Gasteiger partial charge in [0.05, 0.1) is 6.54 Å². The number of aromatic amines is 1. The minimum absolute atomic E-state index is 0.960. The molecule has 0 aliphatic carbocycles. The number of rotatable bonds is 3. The average Bonchev–Trinajstić information content (AvgIpc) is 2.67. The van der Waals surface area contributed by atoms with E-state index in [1.54, 1.807) is 0 Å². The van der Waals surface area contributed by atoms with Gasteiger partial charge in [-0.25, -0.2) is 4.98 Å². The first-order valence-electron chi connectivity index (χ1n) is 5.34. The van der Waals surface area contributed by atoms with Crippen LogP contribution in [0.25, 0.3) is 0 Å². The van der Waals surface area contributed by atoms with Gasteiger partial charge in [-0.05, 0) is 6.42 Å². The topological polar surface area (TPSA) is 44.0 Å². The van der Waals surface area contributed by atoms with Gasteiger partial charge in [0.15, 0.2) is 0 Å². The maximum atomic E-state index is 4.36. The van der Waals surface area contributed by atoms with Gasteiger partial charge in [0.2, 0.25) is 0 Å². The zero-order valence-electron chi connectivity index (χ0n) is 8.71. The van der Waals surface area contributed by atoms with E-state index < -0.39 is 0 Å². The van der Waals surface area contributed by atoms with Crippen LogP contribution in [0.4, 0.5) is 0 Å². The van der Waals surface area contributed by atoms with Crippen molar-refractivity contribution in [1.82, 2.24) is 20.2 Å². The zero-order chi connectivity index (χ0) is 9.80. The second-order valence-electron chi connectivity index (χ2n) is 3.73. The van der Waals surface area contributed by atoms with Gasteiger partial charge in [-0.2, -0.15) is 0 Å². The van der Waals surface area contributed by atoms with Crippen LogP contribution >= 0.6 is 0 Å². The van der Waals surface area contributed by atoms with Crippen LogP contribution in [-0.2, 0) is 13.0 Å². The van der Waals surface area contributed by atoms with Crippen molar-refractivity contribution in [1.29, 1.82) is 0 Å². The molecule has 0 spiro atoms. The number of aromatic nitrogens is 2. The largest absolute Gasteiger partial charge is 0.345 e. The van der Waals surface area contributed by atoms with Crippen molar-refractivity contribution in [2.45, 2.75) is 19.9 Å². The Hall–Kier alpha value is -0.870. The summed E-state index contributed by atoms with van der Waals surface area (Å²) in [5, 5.41) is 3.34. The Morgan fingerprint density at radius 2 is 2.21 bits per heavy atom. The highest BCUT2D eigenvalue weighted by Crippen LogP contribution is 2.03. The van der Waals surface area contributed by atoms with E-state index in [9.17, 15) is 0 Å². The Morgan fingerprint density at radius 3 is 2.86 bits per heavy atom. The molecule has 1 aromatic heterocycles. The summed E-state index contributed by atoms with van der Waals surface area (Å²) in [6, 6.07) is 0. The molecule has 0 atom stereocenters. The molecular formula is C10H18N4. The van der Waals surface area contributed by atoms with Gasteiger partial charge in [0.1, 0.15) is 5.82 Å². The maximum absolute atomic E-state index is 4.36.